The van der Waals surface area contributed by atoms with Crippen LogP contribution in [-0.4, -0.2) is 45.5 Å². The number of halogens is 2. The summed E-state index contributed by atoms with van der Waals surface area (Å²) >= 11 is 12.4. The second-order valence-corrected chi connectivity index (χ2v) is 9.83. The highest BCUT2D eigenvalue weighted by Gasteiger charge is 2.40. The van der Waals surface area contributed by atoms with Crippen molar-refractivity contribution >= 4 is 40.3 Å². The van der Waals surface area contributed by atoms with Crippen LogP contribution < -0.4 is 20.3 Å². The summed E-state index contributed by atoms with van der Waals surface area (Å²) in [6, 6.07) is 21.6. The van der Waals surface area contributed by atoms with E-state index in [-0.39, 0.29) is 6.10 Å². The zero-order chi connectivity index (χ0) is 24.4. The van der Waals surface area contributed by atoms with E-state index in [9.17, 15) is 0 Å². The molecule has 0 aliphatic carbocycles. The van der Waals surface area contributed by atoms with Gasteiger partial charge in [-0.2, -0.15) is 0 Å². The lowest BCUT2D eigenvalue weighted by Gasteiger charge is -2.37. The van der Waals surface area contributed by atoms with Gasteiger partial charge >= 0.3 is 0 Å². The van der Waals surface area contributed by atoms with Gasteiger partial charge in [0.2, 0.25) is 0 Å². The van der Waals surface area contributed by atoms with Gasteiger partial charge in [-0.05, 0) is 67.6 Å². The number of nitrogens with zero attached hydrogens (tertiary/aromatic N) is 2. The molecule has 2 atom stereocenters. The minimum atomic E-state index is -0.923. The molecule has 2 fully saturated rings. The lowest BCUT2D eigenvalue weighted by molar-refractivity contribution is -0.164. The molecule has 0 spiro atoms. The zero-order valence-corrected chi connectivity index (χ0v) is 21.1. The molecule has 2 heterocycles. The van der Waals surface area contributed by atoms with Gasteiger partial charge < -0.3 is 29.7 Å². The second-order valence-electron chi connectivity index (χ2n) is 8.99. The van der Waals surface area contributed by atoms with Crippen molar-refractivity contribution in [2.45, 2.75) is 18.8 Å². The second kappa shape index (κ2) is 10.2. The molecule has 3 aromatic rings. The summed E-state index contributed by atoms with van der Waals surface area (Å²) in [5.41, 5.74) is 9.77. The van der Waals surface area contributed by atoms with Crippen molar-refractivity contribution in [2.75, 3.05) is 54.9 Å². The van der Waals surface area contributed by atoms with Gasteiger partial charge in [0, 0.05) is 53.8 Å². The molecule has 2 aliphatic heterocycles. The maximum atomic E-state index is 6.36. The Morgan fingerprint density at radius 1 is 0.914 bits per heavy atom. The lowest BCUT2D eigenvalue weighted by atomic mass is 10.1. The van der Waals surface area contributed by atoms with Crippen LogP contribution >= 0.6 is 23.2 Å². The number of hydrogen-bond donors (Lipinski definition) is 1. The fraction of sp³-hybridized carbons (Fsp3) is 0.333. The van der Waals surface area contributed by atoms with Crippen LogP contribution in [0, 0.1) is 0 Å². The van der Waals surface area contributed by atoms with Crippen molar-refractivity contribution in [1.29, 1.82) is 0 Å². The molecule has 6 nitrogen and oxygen atoms in total. The van der Waals surface area contributed by atoms with Gasteiger partial charge in [0.05, 0.1) is 11.6 Å². The van der Waals surface area contributed by atoms with Crippen LogP contribution in [0.25, 0.3) is 0 Å². The average molecular weight is 514 g/mol. The Labute approximate surface area is 216 Å². The molecule has 0 radical (unpaired) electrons. The fourth-order valence-corrected chi connectivity index (χ4v) is 5.15. The molecule has 35 heavy (non-hydrogen) atoms. The third-order valence-electron chi connectivity index (χ3n) is 6.53. The Kier molecular flexibility index (Phi) is 6.98. The van der Waals surface area contributed by atoms with E-state index in [1.807, 2.05) is 37.3 Å². The Morgan fingerprint density at radius 3 is 2.11 bits per heavy atom. The van der Waals surface area contributed by atoms with Crippen molar-refractivity contribution in [3.8, 4) is 5.75 Å². The number of anilines is 3. The minimum absolute atomic E-state index is 0.201. The van der Waals surface area contributed by atoms with E-state index in [4.69, 9.17) is 43.1 Å². The van der Waals surface area contributed by atoms with Crippen LogP contribution in [0.3, 0.4) is 0 Å². The van der Waals surface area contributed by atoms with Crippen LogP contribution in [-0.2, 0) is 15.3 Å². The van der Waals surface area contributed by atoms with Crippen molar-refractivity contribution in [1.82, 2.24) is 0 Å². The van der Waals surface area contributed by atoms with Gasteiger partial charge in [-0.15, -0.1) is 0 Å². The molecule has 5 rings (SSSR count). The molecule has 0 aromatic heterocycles. The molecule has 0 unspecified atom stereocenters. The first-order chi connectivity index (χ1) is 16.9. The van der Waals surface area contributed by atoms with Crippen molar-refractivity contribution in [3.63, 3.8) is 0 Å². The number of nitrogens with two attached hydrogens (primary N) is 1. The zero-order valence-electron chi connectivity index (χ0n) is 19.6. The van der Waals surface area contributed by atoms with E-state index >= 15 is 0 Å². The standard InChI is InChI=1S/C27H29Cl2N3O3/c1-27(25-11-2-19(28)16-26(25)29)34-18-24(35-27)17-33-23-9-7-22(8-10-23)32-14-12-31(13-15-32)21-5-3-20(30)4-6-21/h2-11,16,24H,12-15,17-18,30H2,1H3/t24-,27+/m1/s1. The molecule has 2 aliphatic rings. The molecule has 2 N–H and O–H groups in total. The van der Waals surface area contributed by atoms with E-state index in [2.05, 4.69) is 34.1 Å². The molecule has 8 heteroatoms. The third kappa shape index (κ3) is 5.46. The fourth-order valence-electron chi connectivity index (χ4n) is 4.57. The average Bonchev–Trinajstić information content (AvgIpc) is 3.25. The van der Waals surface area contributed by atoms with Gasteiger partial charge in [-0.25, -0.2) is 0 Å². The maximum Gasteiger partial charge on any atom is 0.194 e. The first kappa shape index (κ1) is 24.1. The summed E-state index contributed by atoms with van der Waals surface area (Å²) in [5.74, 6) is -0.121. The van der Waals surface area contributed by atoms with Crippen LogP contribution in [0.4, 0.5) is 17.1 Å². The van der Waals surface area contributed by atoms with Crippen LogP contribution in [0.5, 0.6) is 5.75 Å². The van der Waals surface area contributed by atoms with Crippen molar-refractivity contribution < 1.29 is 14.2 Å². The minimum Gasteiger partial charge on any atom is -0.491 e. The molecule has 2 saturated heterocycles. The summed E-state index contributed by atoms with van der Waals surface area (Å²) in [5, 5.41) is 1.10. The van der Waals surface area contributed by atoms with Gasteiger partial charge in [-0.3, -0.25) is 0 Å². The predicted octanol–water partition coefficient (Wildman–Crippen LogP) is 5.57. The molecule has 0 bridgehead atoms. The number of ether oxygens (including phenoxy) is 3. The van der Waals surface area contributed by atoms with Gasteiger partial charge in [0.25, 0.3) is 0 Å². The topological polar surface area (TPSA) is 60.2 Å². The SMILES string of the molecule is C[C@]1(c2ccc(Cl)cc2Cl)OC[C@@H](COc2ccc(N3CCN(c4ccc(N)cc4)CC3)cc2)O1. The van der Waals surface area contributed by atoms with Crippen molar-refractivity contribution in [3.05, 3.63) is 82.3 Å². The monoisotopic (exact) mass is 513 g/mol. The van der Waals surface area contributed by atoms with Gasteiger partial charge in [0.1, 0.15) is 18.5 Å². The third-order valence-corrected chi connectivity index (χ3v) is 7.08. The normalized spacial score (nSPS) is 22.4. The molecule has 0 amide bonds. The summed E-state index contributed by atoms with van der Waals surface area (Å²) in [7, 11) is 0. The van der Waals surface area contributed by atoms with Crippen molar-refractivity contribution in [2.24, 2.45) is 0 Å². The first-order valence-corrected chi connectivity index (χ1v) is 12.5. The highest BCUT2D eigenvalue weighted by atomic mass is 35.5. The van der Waals surface area contributed by atoms with E-state index in [1.54, 1.807) is 12.1 Å². The van der Waals surface area contributed by atoms with E-state index in [0.717, 1.165) is 43.2 Å². The summed E-state index contributed by atoms with van der Waals surface area (Å²) in [6.45, 7) is 6.54. The largest absolute Gasteiger partial charge is 0.491 e. The van der Waals surface area contributed by atoms with E-state index < -0.39 is 5.79 Å². The Morgan fingerprint density at radius 2 is 1.51 bits per heavy atom. The Bertz CT molecular complexity index is 1150. The smallest absolute Gasteiger partial charge is 0.194 e. The highest BCUT2D eigenvalue weighted by Crippen LogP contribution is 2.38. The summed E-state index contributed by atoms with van der Waals surface area (Å²) < 4.78 is 18.1. The number of piperazine rings is 1. The number of rotatable bonds is 6. The number of hydrogen-bond acceptors (Lipinski definition) is 6. The van der Waals surface area contributed by atoms with E-state index in [1.165, 1.54) is 11.4 Å². The Hall–Kier alpha value is -2.64. The first-order valence-electron chi connectivity index (χ1n) is 11.8. The summed E-state index contributed by atoms with van der Waals surface area (Å²) in [6.07, 6.45) is -0.201. The van der Waals surface area contributed by atoms with E-state index in [0.29, 0.717) is 23.3 Å². The number of benzene rings is 3. The number of nitrogen functional groups attached to an aromatic ring is 1. The molecule has 3 aromatic carbocycles. The van der Waals surface area contributed by atoms with Crippen LogP contribution in [0.15, 0.2) is 66.7 Å². The Balaban J connectivity index is 1.12. The predicted molar refractivity (Wildman–Crippen MR) is 142 cm³/mol. The molecular formula is C27H29Cl2N3O3. The summed E-state index contributed by atoms with van der Waals surface area (Å²) in [4.78, 5) is 4.79. The molecular weight excluding hydrogens is 485 g/mol. The van der Waals surface area contributed by atoms with Crippen LogP contribution in [0.2, 0.25) is 10.0 Å². The van der Waals surface area contributed by atoms with Gasteiger partial charge in [0.15, 0.2) is 5.79 Å². The quantitative estimate of drug-likeness (QED) is 0.434. The maximum absolute atomic E-state index is 6.36. The molecule has 184 valence electrons. The van der Waals surface area contributed by atoms with Gasteiger partial charge in [-0.1, -0.05) is 29.3 Å². The highest BCUT2D eigenvalue weighted by molar-refractivity contribution is 6.35. The molecule has 0 saturated carbocycles. The lowest BCUT2D eigenvalue weighted by Crippen LogP contribution is -2.46. The van der Waals surface area contributed by atoms with Crippen LogP contribution in [0.1, 0.15) is 12.5 Å².